The lowest BCUT2D eigenvalue weighted by atomic mass is 9.82. The van der Waals surface area contributed by atoms with Crippen molar-refractivity contribution in [3.63, 3.8) is 0 Å². The van der Waals surface area contributed by atoms with Gasteiger partial charge in [0.05, 0.1) is 18.4 Å². The second kappa shape index (κ2) is 10.6. The first-order chi connectivity index (χ1) is 10.1. The van der Waals surface area contributed by atoms with Crippen LogP contribution in [0.3, 0.4) is 0 Å². The molecule has 0 amide bonds. The second-order valence-corrected chi connectivity index (χ2v) is 5.73. The predicted octanol–water partition coefficient (Wildman–Crippen LogP) is 3.02. The third kappa shape index (κ3) is 7.46. The maximum atomic E-state index is 11.8. The van der Waals surface area contributed by atoms with Crippen LogP contribution >= 0.6 is 0 Å². The van der Waals surface area contributed by atoms with E-state index in [2.05, 4.69) is 6.92 Å². The molecule has 0 aromatic rings. The molecule has 1 aliphatic rings. The van der Waals surface area contributed by atoms with Crippen LogP contribution in [-0.4, -0.2) is 36.9 Å². The van der Waals surface area contributed by atoms with Crippen molar-refractivity contribution in [3.05, 3.63) is 0 Å². The maximum absolute atomic E-state index is 11.8. The molecule has 0 aliphatic heterocycles. The van der Waals surface area contributed by atoms with Gasteiger partial charge >= 0.3 is 11.9 Å². The number of hydrogen-bond donors (Lipinski definition) is 1. The van der Waals surface area contributed by atoms with Gasteiger partial charge in [-0.15, -0.1) is 0 Å². The van der Waals surface area contributed by atoms with E-state index >= 15 is 0 Å². The van der Waals surface area contributed by atoms with Crippen molar-refractivity contribution in [3.8, 4) is 0 Å². The summed E-state index contributed by atoms with van der Waals surface area (Å²) in [5.41, 5.74) is 0. The SMILES string of the molecule is CCCCCCOCCOC(=O)C1CCC(C(=O)O)CC1. The smallest absolute Gasteiger partial charge is 0.309 e. The molecule has 0 saturated heterocycles. The third-order valence-electron chi connectivity index (χ3n) is 4.02. The number of esters is 1. The maximum Gasteiger partial charge on any atom is 0.309 e. The van der Waals surface area contributed by atoms with Crippen LogP contribution in [0.15, 0.2) is 0 Å². The first-order valence-corrected chi connectivity index (χ1v) is 8.12. The largest absolute Gasteiger partial charge is 0.481 e. The average molecular weight is 300 g/mol. The van der Waals surface area contributed by atoms with Crippen LogP contribution in [0, 0.1) is 11.8 Å². The molecule has 1 aliphatic carbocycles. The predicted molar refractivity (Wildman–Crippen MR) is 79.0 cm³/mol. The van der Waals surface area contributed by atoms with Crippen LogP contribution < -0.4 is 0 Å². The van der Waals surface area contributed by atoms with Gasteiger partial charge in [0.1, 0.15) is 6.61 Å². The molecule has 1 fully saturated rings. The van der Waals surface area contributed by atoms with E-state index in [1.54, 1.807) is 0 Å². The third-order valence-corrected chi connectivity index (χ3v) is 4.02. The lowest BCUT2D eigenvalue weighted by Gasteiger charge is -2.24. The molecule has 0 heterocycles. The zero-order chi connectivity index (χ0) is 15.5. The topological polar surface area (TPSA) is 72.8 Å². The Morgan fingerprint density at radius 3 is 2.24 bits per heavy atom. The Labute approximate surface area is 127 Å². The Bertz CT molecular complexity index is 308. The Hall–Kier alpha value is -1.10. The molecule has 21 heavy (non-hydrogen) atoms. The summed E-state index contributed by atoms with van der Waals surface area (Å²) in [7, 11) is 0. The molecule has 0 aromatic carbocycles. The minimum Gasteiger partial charge on any atom is -0.481 e. The standard InChI is InChI=1S/C16H28O5/c1-2-3-4-5-10-20-11-12-21-16(19)14-8-6-13(7-9-14)15(17)18/h13-14H,2-12H2,1H3,(H,17,18). The summed E-state index contributed by atoms with van der Waals surface area (Å²) in [6, 6.07) is 0. The molecule has 0 atom stereocenters. The Morgan fingerprint density at radius 2 is 1.62 bits per heavy atom. The second-order valence-electron chi connectivity index (χ2n) is 5.73. The number of aliphatic carboxylic acids is 1. The molecule has 5 heteroatoms. The molecule has 0 aromatic heterocycles. The van der Waals surface area contributed by atoms with E-state index in [-0.39, 0.29) is 17.8 Å². The molecule has 0 spiro atoms. The summed E-state index contributed by atoms with van der Waals surface area (Å²) in [5.74, 6) is -1.38. The van der Waals surface area contributed by atoms with E-state index in [1.807, 2.05) is 0 Å². The summed E-state index contributed by atoms with van der Waals surface area (Å²) in [5, 5.41) is 8.91. The lowest BCUT2D eigenvalue weighted by molar-refractivity contribution is -0.153. The molecule has 5 nitrogen and oxygen atoms in total. The first kappa shape index (κ1) is 18.0. The monoisotopic (exact) mass is 300 g/mol. The van der Waals surface area contributed by atoms with E-state index in [1.165, 1.54) is 19.3 Å². The highest BCUT2D eigenvalue weighted by Gasteiger charge is 2.30. The molecule has 0 unspecified atom stereocenters. The van der Waals surface area contributed by atoms with Gasteiger partial charge in [-0.3, -0.25) is 9.59 Å². The van der Waals surface area contributed by atoms with Gasteiger partial charge in [-0.2, -0.15) is 0 Å². The van der Waals surface area contributed by atoms with Gasteiger partial charge in [-0.1, -0.05) is 26.2 Å². The van der Waals surface area contributed by atoms with Gasteiger partial charge in [0, 0.05) is 6.61 Å². The van der Waals surface area contributed by atoms with E-state index in [0.29, 0.717) is 38.9 Å². The van der Waals surface area contributed by atoms with Crippen molar-refractivity contribution >= 4 is 11.9 Å². The Balaban J connectivity index is 2.00. The van der Waals surface area contributed by atoms with Crippen LogP contribution in [-0.2, 0) is 19.1 Å². The molecule has 1 saturated carbocycles. The van der Waals surface area contributed by atoms with Gasteiger partial charge in [-0.05, 0) is 32.1 Å². The van der Waals surface area contributed by atoms with Crippen LogP contribution in [0.2, 0.25) is 0 Å². The van der Waals surface area contributed by atoms with Crippen LogP contribution in [0.1, 0.15) is 58.3 Å². The van der Waals surface area contributed by atoms with Crippen LogP contribution in [0.4, 0.5) is 0 Å². The Kier molecular flexibility index (Phi) is 9.06. The van der Waals surface area contributed by atoms with E-state index in [4.69, 9.17) is 14.6 Å². The van der Waals surface area contributed by atoms with Crippen LogP contribution in [0.25, 0.3) is 0 Å². The first-order valence-electron chi connectivity index (χ1n) is 8.12. The van der Waals surface area contributed by atoms with E-state index in [0.717, 1.165) is 13.0 Å². The van der Waals surface area contributed by atoms with Crippen molar-refractivity contribution < 1.29 is 24.2 Å². The molecule has 1 rings (SSSR count). The number of carboxylic acid groups (broad SMARTS) is 1. The molecule has 1 N–H and O–H groups in total. The van der Waals surface area contributed by atoms with Crippen molar-refractivity contribution in [2.24, 2.45) is 11.8 Å². The van der Waals surface area contributed by atoms with E-state index < -0.39 is 5.97 Å². The van der Waals surface area contributed by atoms with Gasteiger partial charge in [-0.25, -0.2) is 0 Å². The van der Waals surface area contributed by atoms with Crippen molar-refractivity contribution in [1.29, 1.82) is 0 Å². The quantitative estimate of drug-likeness (QED) is 0.496. The van der Waals surface area contributed by atoms with Crippen molar-refractivity contribution in [2.45, 2.75) is 58.3 Å². The molecular formula is C16H28O5. The number of rotatable bonds is 10. The number of hydrogen-bond acceptors (Lipinski definition) is 4. The highest BCUT2D eigenvalue weighted by molar-refractivity contribution is 5.74. The molecular weight excluding hydrogens is 272 g/mol. The molecule has 0 bridgehead atoms. The summed E-state index contributed by atoms with van der Waals surface area (Å²) < 4.78 is 10.6. The fourth-order valence-corrected chi connectivity index (χ4v) is 2.63. The lowest BCUT2D eigenvalue weighted by Crippen LogP contribution is -2.27. The Morgan fingerprint density at radius 1 is 0.952 bits per heavy atom. The van der Waals surface area contributed by atoms with Gasteiger partial charge < -0.3 is 14.6 Å². The highest BCUT2D eigenvalue weighted by atomic mass is 16.6. The van der Waals surface area contributed by atoms with E-state index in [9.17, 15) is 9.59 Å². The van der Waals surface area contributed by atoms with Crippen molar-refractivity contribution in [2.75, 3.05) is 19.8 Å². The zero-order valence-electron chi connectivity index (χ0n) is 13.0. The van der Waals surface area contributed by atoms with Gasteiger partial charge in [0.25, 0.3) is 0 Å². The minimum atomic E-state index is -0.752. The fourth-order valence-electron chi connectivity index (χ4n) is 2.63. The fraction of sp³-hybridized carbons (Fsp3) is 0.875. The highest BCUT2D eigenvalue weighted by Crippen LogP contribution is 2.29. The van der Waals surface area contributed by atoms with Crippen LogP contribution in [0.5, 0.6) is 0 Å². The normalized spacial score (nSPS) is 22.0. The summed E-state index contributed by atoms with van der Waals surface area (Å²) in [6.45, 7) is 3.64. The average Bonchev–Trinajstić information content (AvgIpc) is 2.49. The zero-order valence-corrected chi connectivity index (χ0v) is 13.0. The number of unbranched alkanes of at least 4 members (excludes halogenated alkanes) is 3. The number of carbonyl (C=O) groups is 2. The molecule has 122 valence electrons. The number of ether oxygens (including phenoxy) is 2. The number of carboxylic acids is 1. The van der Waals surface area contributed by atoms with Crippen molar-refractivity contribution in [1.82, 2.24) is 0 Å². The van der Waals surface area contributed by atoms with Gasteiger partial charge in [0.15, 0.2) is 0 Å². The summed E-state index contributed by atoms with van der Waals surface area (Å²) in [4.78, 5) is 22.7. The minimum absolute atomic E-state index is 0.134. The summed E-state index contributed by atoms with van der Waals surface area (Å²) in [6.07, 6.45) is 7.07. The molecule has 0 radical (unpaired) electrons. The van der Waals surface area contributed by atoms with Gasteiger partial charge in [0.2, 0.25) is 0 Å². The summed E-state index contributed by atoms with van der Waals surface area (Å²) >= 11 is 0. The number of carbonyl (C=O) groups excluding carboxylic acids is 1.